The summed E-state index contributed by atoms with van der Waals surface area (Å²) in [6.07, 6.45) is 3.00. The highest BCUT2D eigenvalue weighted by atomic mass is 16.5. The second-order valence-electron chi connectivity index (χ2n) is 5.98. The van der Waals surface area contributed by atoms with Crippen LogP contribution in [0.3, 0.4) is 0 Å². The lowest BCUT2D eigenvalue weighted by Crippen LogP contribution is -2.12. The zero-order valence-electron chi connectivity index (χ0n) is 13.1. The molecule has 1 aliphatic carbocycles. The fourth-order valence-electron chi connectivity index (χ4n) is 3.36. The van der Waals surface area contributed by atoms with Gasteiger partial charge in [0.25, 0.3) is 0 Å². The van der Waals surface area contributed by atoms with Gasteiger partial charge in [-0.25, -0.2) is 4.79 Å². The lowest BCUT2D eigenvalue weighted by atomic mass is 9.82. The van der Waals surface area contributed by atoms with E-state index in [-0.39, 0.29) is 18.4 Å². The summed E-state index contributed by atoms with van der Waals surface area (Å²) in [6, 6.07) is 17.4. The van der Waals surface area contributed by atoms with Crippen LogP contribution in [0.15, 0.2) is 65.7 Å². The van der Waals surface area contributed by atoms with E-state index in [0.717, 1.165) is 22.3 Å². The third-order valence-electron chi connectivity index (χ3n) is 4.48. The first-order valence-electron chi connectivity index (χ1n) is 8.03. The molecule has 0 atom stereocenters. The number of hydrogen-bond donors (Lipinski definition) is 0. The molecule has 1 heterocycles. The van der Waals surface area contributed by atoms with Gasteiger partial charge in [-0.1, -0.05) is 54.6 Å². The van der Waals surface area contributed by atoms with Crippen LogP contribution in [0.1, 0.15) is 34.3 Å². The molecule has 3 nitrogen and oxygen atoms in total. The molecule has 0 bridgehead atoms. The van der Waals surface area contributed by atoms with Gasteiger partial charge in [0, 0.05) is 17.6 Å². The van der Waals surface area contributed by atoms with Crippen LogP contribution in [0.25, 0.3) is 11.6 Å². The summed E-state index contributed by atoms with van der Waals surface area (Å²) in [6.45, 7) is 0.280. The number of benzene rings is 2. The number of cyclic esters (lactones) is 1. The highest BCUT2D eigenvalue weighted by molar-refractivity contribution is 6.11. The largest absolute Gasteiger partial charge is 0.457 e. The molecule has 3 heteroatoms. The third kappa shape index (κ3) is 2.48. The first kappa shape index (κ1) is 14.6. The van der Waals surface area contributed by atoms with Crippen LogP contribution in [0.5, 0.6) is 0 Å². The Hall–Kier alpha value is -2.94. The molecule has 0 unspecified atom stereocenters. The maximum absolute atomic E-state index is 12.4. The van der Waals surface area contributed by atoms with Gasteiger partial charge >= 0.3 is 5.97 Å². The topological polar surface area (TPSA) is 43.4 Å². The van der Waals surface area contributed by atoms with Crippen molar-refractivity contribution in [1.82, 2.24) is 0 Å². The minimum absolute atomic E-state index is 0.134. The number of Topliss-reactive ketones (excluding diaryl/α,β-unsaturated/α-hetero) is 1. The number of hydrogen-bond acceptors (Lipinski definition) is 3. The maximum Gasteiger partial charge on any atom is 0.339 e. The van der Waals surface area contributed by atoms with Crippen LogP contribution < -0.4 is 0 Å². The van der Waals surface area contributed by atoms with Crippen LogP contribution in [0.4, 0.5) is 0 Å². The Labute approximate surface area is 140 Å². The number of fused-ring (bicyclic) bond motifs is 1. The SMILES string of the molecule is O=C1OCC(=C\c2ccccc2)/C1=C1\CCC(=O)c2ccccc21. The molecular formula is C21H16O3. The first-order chi connectivity index (χ1) is 11.7. The number of allylic oxidation sites excluding steroid dienone is 1. The second-order valence-corrected chi connectivity index (χ2v) is 5.98. The molecule has 1 fully saturated rings. The number of ketones is 1. The van der Waals surface area contributed by atoms with Gasteiger partial charge in [-0.15, -0.1) is 0 Å². The van der Waals surface area contributed by atoms with E-state index in [1.54, 1.807) is 0 Å². The first-order valence-corrected chi connectivity index (χ1v) is 8.03. The van der Waals surface area contributed by atoms with Crippen LogP contribution in [-0.2, 0) is 9.53 Å². The molecule has 118 valence electrons. The summed E-state index contributed by atoms with van der Waals surface area (Å²) in [7, 11) is 0. The zero-order chi connectivity index (χ0) is 16.5. The van der Waals surface area contributed by atoms with E-state index in [2.05, 4.69) is 0 Å². The fourth-order valence-corrected chi connectivity index (χ4v) is 3.36. The minimum Gasteiger partial charge on any atom is -0.457 e. The molecule has 0 spiro atoms. The van der Waals surface area contributed by atoms with Gasteiger partial charge in [0.05, 0.1) is 5.57 Å². The van der Waals surface area contributed by atoms with Crippen molar-refractivity contribution in [3.8, 4) is 0 Å². The van der Waals surface area contributed by atoms with E-state index in [0.29, 0.717) is 24.0 Å². The van der Waals surface area contributed by atoms with Crippen molar-refractivity contribution in [1.29, 1.82) is 0 Å². The van der Waals surface area contributed by atoms with Crippen molar-refractivity contribution in [3.05, 3.63) is 82.4 Å². The lowest BCUT2D eigenvalue weighted by Gasteiger charge is -2.19. The van der Waals surface area contributed by atoms with Crippen LogP contribution in [-0.4, -0.2) is 18.4 Å². The number of esters is 1. The number of carbonyl (C=O) groups is 2. The van der Waals surface area contributed by atoms with Crippen LogP contribution in [0.2, 0.25) is 0 Å². The quantitative estimate of drug-likeness (QED) is 0.589. The molecule has 2 aromatic rings. The smallest absolute Gasteiger partial charge is 0.339 e. The summed E-state index contributed by atoms with van der Waals surface area (Å²) < 4.78 is 5.30. The van der Waals surface area contributed by atoms with Crippen molar-refractivity contribution >= 4 is 23.4 Å². The number of carbonyl (C=O) groups excluding carboxylic acids is 2. The Kier molecular flexibility index (Phi) is 3.62. The molecule has 0 N–H and O–H groups in total. The highest BCUT2D eigenvalue weighted by Gasteiger charge is 2.32. The Morgan fingerprint density at radius 3 is 2.33 bits per heavy atom. The molecule has 1 saturated heterocycles. The summed E-state index contributed by atoms with van der Waals surface area (Å²) in [5.41, 5.74) is 5.02. The van der Waals surface area contributed by atoms with Crippen LogP contribution >= 0.6 is 0 Å². The number of ether oxygens (including phenoxy) is 1. The minimum atomic E-state index is -0.295. The molecule has 0 aromatic heterocycles. The van der Waals surface area contributed by atoms with Gasteiger partial charge in [-0.2, -0.15) is 0 Å². The van der Waals surface area contributed by atoms with E-state index < -0.39 is 0 Å². The monoisotopic (exact) mass is 316 g/mol. The Morgan fingerprint density at radius 1 is 0.833 bits per heavy atom. The van der Waals surface area contributed by atoms with Crippen LogP contribution in [0, 0.1) is 0 Å². The maximum atomic E-state index is 12.4. The van der Waals surface area contributed by atoms with E-state index in [4.69, 9.17) is 4.74 Å². The van der Waals surface area contributed by atoms with Gasteiger partial charge in [-0.3, -0.25) is 4.79 Å². The second kappa shape index (κ2) is 5.93. The van der Waals surface area contributed by atoms with Gasteiger partial charge < -0.3 is 4.74 Å². The van der Waals surface area contributed by atoms with Gasteiger partial charge in [0.1, 0.15) is 6.61 Å². The molecular weight excluding hydrogens is 300 g/mol. The summed E-state index contributed by atoms with van der Waals surface area (Å²) >= 11 is 0. The van der Waals surface area contributed by atoms with Gasteiger partial charge in [-0.05, 0) is 29.2 Å². The zero-order valence-corrected chi connectivity index (χ0v) is 13.1. The van der Waals surface area contributed by atoms with Crippen molar-refractivity contribution in [3.63, 3.8) is 0 Å². The average molecular weight is 316 g/mol. The van der Waals surface area contributed by atoms with Gasteiger partial charge in [0.15, 0.2) is 5.78 Å². The van der Waals surface area contributed by atoms with E-state index >= 15 is 0 Å². The third-order valence-corrected chi connectivity index (χ3v) is 4.48. The van der Waals surface area contributed by atoms with Crippen molar-refractivity contribution in [2.75, 3.05) is 6.61 Å². The predicted molar refractivity (Wildman–Crippen MR) is 92.3 cm³/mol. The standard InChI is InChI=1S/C21H16O3/c22-19-11-10-18(16-8-4-5-9-17(16)19)20-15(13-24-21(20)23)12-14-6-2-1-3-7-14/h1-9,12H,10-11,13H2/b15-12+,20-18-. The fraction of sp³-hybridized carbons (Fsp3) is 0.143. The summed E-state index contributed by atoms with van der Waals surface area (Å²) in [5, 5.41) is 0. The molecule has 0 amide bonds. The molecule has 2 aromatic carbocycles. The Bertz CT molecular complexity index is 888. The average Bonchev–Trinajstić information content (AvgIpc) is 2.97. The molecule has 24 heavy (non-hydrogen) atoms. The summed E-state index contributed by atoms with van der Waals surface area (Å²) in [5.74, 6) is -0.161. The summed E-state index contributed by atoms with van der Waals surface area (Å²) in [4.78, 5) is 24.5. The van der Waals surface area contributed by atoms with E-state index in [1.807, 2.05) is 60.7 Å². The van der Waals surface area contributed by atoms with E-state index in [9.17, 15) is 9.59 Å². The van der Waals surface area contributed by atoms with E-state index in [1.165, 1.54) is 0 Å². The molecule has 1 aliphatic heterocycles. The predicted octanol–water partition coefficient (Wildman–Crippen LogP) is 4.06. The van der Waals surface area contributed by atoms with Gasteiger partial charge in [0.2, 0.25) is 0 Å². The molecule has 0 saturated carbocycles. The molecule has 4 rings (SSSR count). The molecule has 0 radical (unpaired) electrons. The van der Waals surface area contributed by atoms with Crippen molar-refractivity contribution in [2.45, 2.75) is 12.8 Å². The normalized spacial score (nSPS) is 21.8. The van der Waals surface area contributed by atoms with Crippen molar-refractivity contribution in [2.24, 2.45) is 0 Å². The Balaban J connectivity index is 1.88. The molecule has 2 aliphatic rings. The Morgan fingerprint density at radius 2 is 1.54 bits per heavy atom. The highest BCUT2D eigenvalue weighted by Crippen LogP contribution is 2.38. The van der Waals surface area contributed by atoms with Crippen molar-refractivity contribution < 1.29 is 14.3 Å². The number of rotatable bonds is 1. The lowest BCUT2D eigenvalue weighted by molar-refractivity contribution is -0.134.